The maximum atomic E-state index is 12.4. The van der Waals surface area contributed by atoms with Crippen molar-refractivity contribution in [2.24, 2.45) is 5.92 Å². The smallest absolute Gasteiger partial charge is 0.410 e. The molecule has 1 aromatic rings. The number of rotatable bonds is 4. The van der Waals surface area contributed by atoms with E-state index in [4.69, 9.17) is 27.6 Å². The third-order valence-electron chi connectivity index (χ3n) is 4.03. The summed E-state index contributed by atoms with van der Waals surface area (Å²) in [5.74, 6) is 0.0986. The van der Waals surface area contributed by atoms with Crippen molar-refractivity contribution in [3.63, 3.8) is 0 Å². The number of amides is 1. The van der Waals surface area contributed by atoms with E-state index < -0.39 is 5.60 Å². The first-order chi connectivity index (χ1) is 11.8. The number of carbonyl (C=O) groups excluding carboxylic acids is 1. The molecule has 0 saturated carbocycles. The number of likely N-dealkylation sites (tertiary alicyclic amines) is 1. The number of halogens is 1. The van der Waals surface area contributed by atoms with E-state index in [1.54, 1.807) is 4.90 Å². The lowest BCUT2D eigenvalue weighted by Gasteiger charge is -2.37. The number of ether oxygens (including phenoxy) is 2. The lowest BCUT2D eigenvalue weighted by molar-refractivity contribution is -0.0179. The Morgan fingerprint density at radius 2 is 2.24 bits per heavy atom. The number of benzene rings is 1. The summed E-state index contributed by atoms with van der Waals surface area (Å²) in [6.07, 6.45) is 1.24. The van der Waals surface area contributed by atoms with Gasteiger partial charge < -0.3 is 14.4 Å². The Balaban J connectivity index is 2.14. The third kappa shape index (κ3) is 5.91. The van der Waals surface area contributed by atoms with Crippen LogP contribution in [0.3, 0.4) is 0 Å². The molecule has 1 aliphatic heterocycles. The van der Waals surface area contributed by atoms with Crippen LogP contribution in [-0.2, 0) is 9.47 Å². The van der Waals surface area contributed by atoms with Gasteiger partial charge in [0.25, 0.3) is 0 Å². The molecule has 0 aromatic heterocycles. The maximum Gasteiger partial charge on any atom is 0.410 e. The van der Waals surface area contributed by atoms with Crippen LogP contribution in [0.15, 0.2) is 24.3 Å². The quantitative estimate of drug-likeness (QED) is 0.712. The summed E-state index contributed by atoms with van der Waals surface area (Å²) in [5.41, 5.74) is 0.420. The Morgan fingerprint density at radius 3 is 2.88 bits per heavy atom. The minimum atomic E-state index is -0.517. The van der Waals surface area contributed by atoms with Gasteiger partial charge in [-0.25, -0.2) is 11.4 Å². The van der Waals surface area contributed by atoms with Gasteiger partial charge in [0, 0.05) is 24.0 Å². The van der Waals surface area contributed by atoms with Gasteiger partial charge in [-0.2, -0.15) is 0 Å². The second-order valence-corrected chi connectivity index (χ2v) is 7.69. The van der Waals surface area contributed by atoms with Crippen molar-refractivity contribution < 1.29 is 14.3 Å². The van der Waals surface area contributed by atoms with E-state index in [1.165, 1.54) is 0 Å². The molecule has 2 atom stereocenters. The largest absolute Gasteiger partial charge is 0.444 e. The van der Waals surface area contributed by atoms with Crippen LogP contribution >= 0.6 is 11.6 Å². The molecule has 1 saturated heterocycles. The van der Waals surface area contributed by atoms with Crippen LogP contribution in [0.2, 0.25) is 5.02 Å². The van der Waals surface area contributed by atoms with Crippen LogP contribution in [0.4, 0.5) is 4.79 Å². The molecule has 0 radical (unpaired) electrons. The molecule has 1 heterocycles. The van der Waals surface area contributed by atoms with E-state index in [1.807, 2.05) is 45.0 Å². The zero-order valence-electron chi connectivity index (χ0n) is 15.0. The zero-order chi connectivity index (χ0) is 18.4. The Labute approximate surface area is 154 Å². The summed E-state index contributed by atoms with van der Waals surface area (Å²) in [5, 5.41) is 0.633. The summed E-state index contributed by atoms with van der Waals surface area (Å²) in [6, 6.07) is 7.50. The number of hydrogen-bond donors (Lipinski definition) is 0. The number of hydrogen-bond acceptors (Lipinski definition) is 3. The van der Waals surface area contributed by atoms with Crippen molar-refractivity contribution in [1.82, 2.24) is 4.90 Å². The van der Waals surface area contributed by atoms with Gasteiger partial charge in [-0.05, 0) is 51.3 Å². The molecule has 25 heavy (non-hydrogen) atoms. The molecule has 136 valence electrons. The van der Waals surface area contributed by atoms with Crippen molar-refractivity contribution in [3.05, 3.63) is 46.3 Å². The predicted octanol–water partition coefficient (Wildman–Crippen LogP) is 4.92. The topological polar surface area (TPSA) is 43.1 Å². The number of nitrogens with zero attached hydrogens (tertiary/aromatic N) is 2. The summed E-state index contributed by atoms with van der Waals surface area (Å²) < 4.78 is 11.3. The Hall–Kier alpha value is -1.77. The van der Waals surface area contributed by atoms with Crippen molar-refractivity contribution in [1.29, 1.82) is 0 Å². The normalized spacial score (nSPS) is 19.2. The second-order valence-electron chi connectivity index (χ2n) is 7.26. The average molecular weight is 365 g/mol. The predicted molar refractivity (Wildman–Crippen MR) is 97.3 cm³/mol. The van der Waals surface area contributed by atoms with Crippen molar-refractivity contribution in [3.8, 4) is 0 Å². The van der Waals surface area contributed by atoms with Crippen LogP contribution in [-0.4, -0.2) is 36.4 Å². The standard InChI is InChI=1S/C19H25ClN2O3/c1-19(2,3)25-18(23)22-10-6-8-15(12-22)17(24-13-21-4)14-7-5-9-16(20)11-14/h5,7,9,11,15,17H,6,8,10,12-13H2,1-3H3/t15-,17+/m1/s1. The molecule has 1 aromatic carbocycles. The number of piperidine rings is 1. The van der Waals surface area contributed by atoms with Gasteiger partial charge >= 0.3 is 12.8 Å². The molecule has 0 aliphatic carbocycles. The van der Waals surface area contributed by atoms with Gasteiger partial charge in [0.05, 0.1) is 6.10 Å². The SMILES string of the molecule is [C-]#[N+]CO[C@@H](c1cccc(Cl)c1)[C@@H]1CCCN(C(=O)OC(C)(C)C)C1. The highest BCUT2D eigenvalue weighted by Crippen LogP contribution is 2.34. The monoisotopic (exact) mass is 364 g/mol. The van der Waals surface area contributed by atoms with Crippen molar-refractivity contribution in [2.75, 3.05) is 19.8 Å². The highest BCUT2D eigenvalue weighted by Gasteiger charge is 2.33. The average Bonchev–Trinajstić information content (AvgIpc) is 2.54. The van der Waals surface area contributed by atoms with Gasteiger partial charge in [0.15, 0.2) is 0 Å². The summed E-state index contributed by atoms with van der Waals surface area (Å²) in [6.45, 7) is 13.8. The molecule has 2 rings (SSSR count). The van der Waals surface area contributed by atoms with Gasteiger partial charge in [-0.15, -0.1) is 0 Å². The first-order valence-electron chi connectivity index (χ1n) is 8.48. The third-order valence-corrected chi connectivity index (χ3v) is 4.27. The van der Waals surface area contributed by atoms with Gasteiger partial charge in [-0.1, -0.05) is 23.7 Å². The highest BCUT2D eigenvalue weighted by molar-refractivity contribution is 6.30. The molecule has 5 nitrogen and oxygen atoms in total. The summed E-state index contributed by atoms with van der Waals surface area (Å²) >= 11 is 6.11. The Kier molecular flexibility index (Phi) is 6.69. The van der Waals surface area contributed by atoms with Gasteiger partial charge in [0.1, 0.15) is 5.60 Å². The first-order valence-corrected chi connectivity index (χ1v) is 8.86. The van der Waals surface area contributed by atoms with E-state index in [-0.39, 0.29) is 24.8 Å². The van der Waals surface area contributed by atoms with E-state index in [0.717, 1.165) is 18.4 Å². The minimum absolute atomic E-state index is 0.0138. The first kappa shape index (κ1) is 19.6. The van der Waals surface area contributed by atoms with E-state index in [9.17, 15) is 4.79 Å². The van der Waals surface area contributed by atoms with E-state index in [2.05, 4.69) is 4.85 Å². The highest BCUT2D eigenvalue weighted by atomic mass is 35.5. The van der Waals surface area contributed by atoms with Crippen LogP contribution in [0.25, 0.3) is 4.85 Å². The Morgan fingerprint density at radius 1 is 1.48 bits per heavy atom. The van der Waals surface area contributed by atoms with Crippen molar-refractivity contribution in [2.45, 2.75) is 45.3 Å². The molecule has 0 bridgehead atoms. The molecule has 0 spiro atoms. The molecular formula is C19H25ClN2O3. The van der Waals surface area contributed by atoms with Crippen LogP contribution in [0.1, 0.15) is 45.3 Å². The molecule has 0 N–H and O–H groups in total. The second kappa shape index (κ2) is 8.55. The molecule has 0 unspecified atom stereocenters. The van der Waals surface area contributed by atoms with E-state index >= 15 is 0 Å². The number of carbonyl (C=O) groups is 1. The van der Waals surface area contributed by atoms with E-state index in [0.29, 0.717) is 18.1 Å². The molecule has 6 heteroatoms. The summed E-state index contributed by atoms with van der Waals surface area (Å²) in [4.78, 5) is 17.4. The fraction of sp³-hybridized carbons (Fsp3) is 0.579. The fourth-order valence-corrected chi connectivity index (χ4v) is 3.25. The van der Waals surface area contributed by atoms with Crippen LogP contribution in [0, 0.1) is 12.5 Å². The molecule has 1 fully saturated rings. The zero-order valence-corrected chi connectivity index (χ0v) is 15.8. The maximum absolute atomic E-state index is 12.4. The van der Waals surface area contributed by atoms with Gasteiger partial charge in [-0.3, -0.25) is 4.85 Å². The van der Waals surface area contributed by atoms with Crippen molar-refractivity contribution >= 4 is 17.7 Å². The fourth-order valence-electron chi connectivity index (χ4n) is 3.06. The lowest BCUT2D eigenvalue weighted by atomic mass is 9.88. The Bertz CT molecular complexity index is 636. The summed E-state index contributed by atoms with van der Waals surface area (Å²) in [7, 11) is 0. The molecule has 1 amide bonds. The molecular weight excluding hydrogens is 340 g/mol. The van der Waals surface area contributed by atoms with Crippen LogP contribution < -0.4 is 0 Å². The van der Waals surface area contributed by atoms with Gasteiger partial charge in [0.2, 0.25) is 0 Å². The lowest BCUT2D eigenvalue weighted by Crippen LogP contribution is -2.44. The van der Waals surface area contributed by atoms with Crippen LogP contribution in [0.5, 0.6) is 0 Å². The minimum Gasteiger partial charge on any atom is -0.444 e. The molecule has 1 aliphatic rings.